The lowest BCUT2D eigenvalue weighted by molar-refractivity contribution is 0.102. The van der Waals surface area contributed by atoms with Crippen LogP contribution in [0.2, 0.25) is 0 Å². The van der Waals surface area contributed by atoms with Gasteiger partial charge in [-0.3, -0.25) is 9.52 Å². The molecule has 0 aliphatic heterocycles. The molecule has 0 unspecified atom stereocenters. The van der Waals surface area contributed by atoms with Gasteiger partial charge in [-0.2, -0.15) is 5.10 Å². The molecule has 0 saturated carbocycles. The molecule has 10 heteroatoms. The van der Waals surface area contributed by atoms with E-state index in [0.717, 1.165) is 12.1 Å². The van der Waals surface area contributed by atoms with Crippen molar-refractivity contribution in [3.8, 4) is 5.69 Å². The van der Waals surface area contributed by atoms with Crippen LogP contribution < -0.4 is 10.0 Å². The van der Waals surface area contributed by atoms with Gasteiger partial charge in [0, 0.05) is 17.3 Å². The standard InChI is InChI=1S/C24H20F2N4O3S/c1-15-3-12-21(34(32,33)29-19-8-4-17(25)5-9-19)14-22(15)24(31)27-23-13-16(2)28-30(23)20-10-6-18(26)7-11-20/h3-14,29H,1-2H3,(H,27,31). The third-order valence-electron chi connectivity index (χ3n) is 5.00. The predicted octanol–water partition coefficient (Wildman–Crippen LogP) is 4.82. The average Bonchev–Trinajstić information content (AvgIpc) is 3.15. The molecule has 0 spiro atoms. The molecule has 4 aromatic rings. The number of benzene rings is 3. The van der Waals surface area contributed by atoms with Crippen LogP contribution in [-0.2, 0) is 10.0 Å². The second-order valence-electron chi connectivity index (χ2n) is 7.60. The number of aryl methyl sites for hydroxylation is 2. The molecule has 1 amide bonds. The highest BCUT2D eigenvalue weighted by molar-refractivity contribution is 7.92. The van der Waals surface area contributed by atoms with E-state index < -0.39 is 27.6 Å². The monoisotopic (exact) mass is 482 g/mol. The number of nitrogens with zero attached hydrogens (tertiary/aromatic N) is 2. The lowest BCUT2D eigenvalue weighted by Gasteiger charge is -2.13. The first-order chi connectivity index (χ1) is 16.1. The van der Waals surface area contributed by atoms with Gasteiger partial charge in [-0.1, -0.05) is 6.07 Å². The van der Waals surface area contributed by atoms with Crippen molar-refractivity contribution in [2.45, 2.75) is 18.7 Å². The molecule has 0 aliphatic rings. The van der Waals surface area contributed by atoms with E-state index in [1.807, 2.05) is 0 Å². The zero-order valence-corrected chi connectivity index (χ0v) is 19.0. The molecule has 34 heavy (non-hydrogen) atoms. The van der Waals surface area contributed by atoms with Gasteiger partial charge in [0.2, 0.25) is 0 Å². The summed E-state index contributed by atoms with van der Waals surface area (Å²) >= 11 is 0. The number of rotatable bonds is 6. The van der Waals surface area contributed by atoms with Crippen molar-refractivity contribution in [1.82, 2.24) is 9.78 Å². The average molecular weight is 483 g/mol. The van der Waals surface area contributed by atoms with Crippen molar-refractivity contribution in [2.24, 2.45) is 0 Å². The van der Waals surface area contributed by atoms with Crippen LogP contribution in [0.1, 0.15) is 21.6 Å². The number of aromatic nitrogens is 2. The maximum atomic E-state index is 13.3. The van der Waals surface area contributed by atoms with Gasteiger partial charge in [0.25, 0.3) is 15.9 Å². The van der Waals surface area contributed by atoms with Crippen LogP contribution >= 0.6 is 0 Å². The Hall–Kier alpha value is -4.05. The van der Waals surface area contributed by atoms with Crippen LogP contribution in [-0.4, -0.2) is 24.1 Å². The highest BCUT2D eigenvalue weighted by Gasteiger charge is 2.20. The van der Waals surface area contributed by atoms with Crippen LogP contribution in [0.3, 0.4) is 0 Å². The molecule has 0 fully saturated rings. The van der Waals surface area contributed by atoms with Crippen molar-refractivity contribution in [1.29, 1.82) is 0 Å². The van der Waals surface area contributed by atoms with Crippen LogP contribution in [0.15, 0.2) is 77.7 Å². The Morgan fingerprint density at radius 3 is 2.15 bits per heavy atom. The topological polar surface area (TPSA) is 93.1 Å². The molecule has 1 heterocycles. The summed E-state index contributed by atoms with van der Waals surface area (Å²) in [4.78, 5) is 13.0. The summed E-state index contributed by atoms with van der Waals surface area (Å²) in [6.45, 7) is 3.43. The molecule has 0 radical (unpaired) electrons. The van der Waals surface area contributed by atoms with Gasteiger partial charge in [0.05, 0.1) is 16.3 Å². The van der Waals surface area contributed by atoms with E-state index in [4.69, 9.17) is 0 Å². The van der Waals surface area contributed by atoms with Gasteiger partial charge >= 0.3 is 0 Å². The number of carbonyl (C=O) groups excluding carboxylic acids is 1. The molecular formula is C24H20F2N4O3S. The van der Waals surface area contributed by atoms with Crippen molar-refractivity contribution in [3.63, 3.8) is 0 Å². The SMILES string of the molecule is Cc1cc(NC(=O)c2cc(S(=O)(=O)Nc3ccc(F)cc3)ccc2C)n(-c2ccc(F)cc2)n1. The Morgan fingerprint density at radius 1 is 0.882 bits per heavy atom. The summed E-state index contributed by atoms with van der Waals surface area (Å²) in [7, 11) is -4.03. The first-order valence-electron chi connectivity index (χ1n) is 10.2. The lowest BCUT2D eigenvalue weighted by atomic mass is 10.1. The van der Waals surface area contributed by atoms with E-state index >= 15 is 0 Å². The van der Waals surface area contributed by atoms with Gasteiger partial charge in [0.15, 0.2) is 0 Å². The van der Waals surface area contributed by atoms with Crippen LogP contribution in [0.4, 0.5) is 20.3 Å². The van der Waals surface area contributed by atoms with E-state index in [2.05, 4.69) is 15.1 Å². The fraction of sp³-hybridized carbons (Fsp3) is 0.0833. The Morgan fingerprint density at radius 2 is 1.50 bits per heavy atom. The first-order valence-corrected chi connectivity index (χ1v) is 11.6. The van der Waals surface area contributed by atoms with E-state index in [1.165, 1.54) is 59.3 Å². The summed E-state index contributed by atoms with van der Waals surface area (Å²) in [5.74, 6) is -1.10. The van der Waals surface area contributed by atoms with Gasteiger partial charge in [-0.25, -0.2) is 21.9 Å². The molecular weight excluding hydrogens is 462 g/mol. The first kappa shape index (κ1) is 23.1. The fourth-order valence-corrected chi connectivity index (χ4v) is 4.38. The number of sulfonamides is 1. The third kappa shape index (κ3) is 4.96. The number of hydrogen-bond acceptors (Lipinski definition) is 4. The second kappa shape index (κ2) is 9.06. The van der Waals surface area contributed by atoms with Crippen molar-refractivity contribution in [2.75, 3.05) is 10.0 Å². The van der Waals surface area contributed by atoms with E-state index in [0.29, 0.717) is 22.8 Å². The lowest BCUT2D eigenvalue weighted by Crippen LogP contribution is -2.18. The Balaban J connectivity index is 1.62. The van der Waals surface area contributed by atoms with Gasteiger partial charge in [-0.15, -0.1) is 0 Å². The van der Waals surface area contributed by atoms with Crippen LogP contribution in [0, 0.1) is 25.5 Å². The molecule has 0 aliphatic carbocycles. The van der Waals surface area contributed by atoms with E-state index in [9.17, 15) is 22.0 Å². The molecule has 0 atom stereocenters. The molecule has 7 nitrogen and oxygen atoms in total. The summed E-state index contributed by atoms with van der Waals surface area (Å²) in [6, 6.07) is 16.3. The minimum Gasteiger partial charge on any atom is -0.306 e. The van der Waals surface area contributed by atoms with Crippen LogP contribution in [0.25, 0.3) is 5.69 Å². The number of nitrogens with one attached hydrogen (secondary N) is 2. The predicted molar refractivity (Wildman–Crippen MR) is 125 cm³/mol. The number of amides is 1. The minimum absolute atomic E-state index is 0.129. The Kier molecular flexibility index (Phi) is 6.16. The van der Waals surface area contributed by atoms with E-state index in [-0.39, 0.29) is 16.1 Å². The van der Waals surface area contributed by atoms with Gasteiger partial charge in [-0.05, 0) is 80.1 Å². The number of hydrogen-bond donors (Lipinski definition) is 2. The molecule has 1 aromatic heterocycles. The van der Waals surface area contributed by atoms with Crippen molar-refractivity contribution < 1.29 is 22.0 Å². The summed E-state index contributed by atoms with van der Waals surface area (Å²) < 4.78 is 55.9. The zero-order valence-electron chi connectivity index (χ0n) is 18.2. The maximum absolute atomic E-state index is 13.3. The number of halogens is 2. The summed E-state index contributed by atoms with van der Waals surface area (Å²) in [5.41, 5.74) is 2.05. The molecule has 2 N–H and O–H groups in total. The largest absolute Gasteiger partial charge is 0.306 e. The Labute approximate surface area is 195 Å². The normalized spacial score (nSPS) is 11.3. The minimum atomic E-state index is -4.03. The number of carbonyl (C=O) groups is 1. The third-order valence-corrected chi connectivity index (χ3v) is 6.38. The molecule has 174 valence electrons. The van der Waals surface area contributed by atoms with Crippen LogP contribution in [0.5, 0.6) is 0 Å². The molecule has 0 saturated heterocycles. The highest BCUT2D eigenvalue weighted by atomic mass is 32.2. The molecule has 3 aromatic carbocycles. The summed E-state index contributed by atoms with van der Waals surface area (Å²) in [6.07, 6.45) is 0. The second-order valence-corrected chi connectivity index (χ2v) is 9.28. The fourth-order valence-electron chi connectivity index (χ4n) is 3.30. The van der Waals surface area contributed by atoms with Crippen molar-refractivity contribution in [3.05, 3.63) is 101 Å². The quantitative estimate of drug-likeness (QED) is 0.412. The molecule has 0 bridgehead atoms. The van der Waals surface area contributed by atoms with Gasteiger partial charge in [0.1, 0.15) is 17.5 Å². The Bertz CT molecular complexity index is 1470. The highest BCUT2D eigenvalue weighted by Crippen LogP contribution is 2.22. The van der Waals surface area contributed by atoms with Crippen molar-refractivity contribution >= 4 is 27.4 Å². The maximum Gasteiger partial charge on any atom is 0.261 e. The van der Waals surface area contributed by atoms with E-state index in [1.54, 1.807) is 19.9 Å². The molecule has 4 rings (SSSR count). The number of anilines is 2. The zero-order chi connectivity index (χ0) is 24.5. The van der Waals surface area contributed by atoms with Gasteiger partial charge < -0.3 is 5.32 Å². The smallest absolute Gasteiger partial charge is 0.261 e. The summed E-state index contributed by atoms with van der Waals surface area (Å²) in [5, 5.41) is 7.08.